The van der Waals surface area contributed by atoms with E-state index in [4.69, 9.17) is 5.11 Å². The van der Waals surface area contributed by atoms with Crippen molar-refractivity contribution < 1.29 is 38.4 Å². The highest BCUT2D eigenvalue weighted by Crippen LogP contribution is 1.84. The monoisotopic (exact) mass is 330 g/mol. The molecule has 0 aromatic carbocycles. The maximum absolute atomic E-state index is 10.4. The van der Waals surface area contributed by atoms with Gasteiger partial charge in [-0.05, 0) is 0 Å². The molecular weight excluding hydrogens is 308 g/mol. The van der Waals surface area contributed by atoms with E-state index in [0.29, 0.717) is 0 Å². The zero-order valence-corrected chi connectivity index (χ0v) is 13.1. The van der Waals surface area contributed by atoms with E-state index in [1.165, 1.54) is 25.2 Å². The highest BCUT2D eigenvalue weighted by molar-refractivity contribution is 5.66. The lowest BCUT2D eigenvalue weighted by molar-refractivity contribution is -0.135. The highest BCUT2D eigenvalue weighted by Gasteiger charge is 1.97. The van der Waals surface area contributed by atoms with Gasteiger partial charge in [-0.25, -0.2) is 9.59 Å². The molecule has 0 amide bonds. The number of ether oxygens (including phenoxy) is 4. The summed E-state index contributed by atoms with van der Waals surface area (Å²) >= 11 is 0. The smallest absolute Gasteiger partial charge is 0.450 e. The van der Waals surface area contributed by atoms with Crippen LogP contribution in [0, 0.1) is 0 Å². The summed E-state index contributed by atoms with van der Waals surface area (Å²) in [4.78, 5) is 29.7. The third-order valence-electron chi connectivity index (χ3n) is 1.21. The maximum atomic E-state index is 10.4. The third-order valence-corrected chi connectivity index (χ3v) is 1.21. The first-order valence-electron chi connectivity index (χ1n) is 6.11. The molecule has 0 aliphatic carbocycles. The van der Waals surface area contributed by atoms with Crippen molar-refractivity contribution in [2.24, 2.45) is 0 Å². The molecule has 0 fully saturated rings. The van der Waals surface area contributed by atoms with Crippen LogP contribution in [0.4, 0.5) is 9.59 Å². The Hall–Kier alpha value is -3.03. The van der Waals surface area contributed by atoms with E-state index < -0.39 is 12.3 Å². The van der Waals surface area contributed by atoms with Gasteiger partial charge < -0.3 is 24.1 Å². The minimum atomic E-state index is -1.26. The van der Waals surface area contributed by atoms with Crippen LogP contribution in [0.1, 0.15) is 6.92 Å². The molecule has 0 radical (unpaired) electrons. The molecule has 1 N–H and O–H groups in total. The minimum absolute atomic E-state index is 0.0648. The van der Waals surface area contributed by atoms with Gasteiger partial charge in [-0.15, -0.1) is 0 Å². The Morgan fingerprint density at radius 3 is 1.43 bits per heavy atom. The molecule has 8 heteroatoms. The molecule has 8 nitrogen and oxygen atoms in total. The number of esters is 1. The lowest BCUT2D eigenvalue weighted by atomic mass is 10.7. The fraction of sp³-hybridized carbons (Fsp3) is 0.267. The number of hydrogen-bond acceptors (Lipinski definition) is 7. The SMILES string of the molecule is C=CCOC(=O)O.C=CCOC(=O)OCC=C.C=COC(C)=O. The summed E-state index contributed by atoms with van der Waals surface area (Å²) in [6, 6.07) is 0. The van der Waals surface area contributed by atoms with Gasteiger partial charge in [0.2, 0.25) is 0 Å². The van der Waals surface area contributed by atoms with Crippen LogP contribution in [-0.4, -0.2) is 43.2 Å². The Balaban J connectivity index is -0.000000272. The molecule has 0 rings (SSSR count). The molecule has 130 valence electrons. The van der Waals surface area contributed by atoms with E-state index in [2.05, 4.69) is 45.3 Å². The van der Waals surface area contributed by atoms with E-state index in [1.54, 1.807) is 0 Å². The van der Waals surface area contributed by atoms with Gasteiger partial charge in [0.25, 0.3) is 0 Å². The first-order chi connectivity index (χ1) is 10.8. The van der Waals surface area contributed by atoms with Crippen LogP contribution in [-0.2, 0) is 23.7 Å². The molecule has 0 unspecified atom stereocenters. The first kappa shape index (κ1) is 25.0. The number of rotatable bonds is 7. The molecule has 23 heavy (non-hydrogen) atoms. The van der Waals surface area contributed by atoms with Gasteiger partial charge in [-0.1, -0.05) is 44.5 Å². The zero-order chi connectivity index (χ0) is 18.5. The lowest BCUT2D eigenvalue weighted by Crippen LogP contribution is -2.06. The summed E-state index contributed by atoms with van der Waals surface area (Å²) in [6.45, 7) is 14.9. The lowest BCUT2D eigenvalue weighted by Gasteiger charge is -1.99. The summed E-state index contributed by atoms with van der Waals surface area (Å²) in [5.41, 5.74) is 0. The molecule has 0 aliphatic rings. The van der Waals surface area contributed by atoms with Crippen molar-refractivity contribution in [2.45, 2.75) is 6.92 Å². The molecule has 0 aliphatic heterocycles. The summed E-state index contributed by atoms with van der Waals surface area (Å²) < 4.78 is 17.1. The van der Waals surface area contributed by atoms with Crippen LogP contribution in [0.5, 0.6) is 0 Å². The van der Waals surface area contributed by atoms with E-state index in [-0.39, 0.29) is 25.8 Å². The van der Waals surface area contributed by atoms with Crippen molar-refractivity contribution in [3.8, 4) is 0 Å². The van der Waals surface area contributed by atoms with Crippen molar-refractivity contribution in [3.05, 3.63) is 50.8 Å². The van der Waals surface area contributed by atoms with Gasteiger partial charge in [0.05, 0.1) is 6.26 Å². The third kappa shape index (κ3) is 38.1. The molecule has 0 atom stereocenters. The molecule has 0 bridgehead atoms. The largest absolute Gasteiger partial charge is 0.508 e. The van der Waals surface area contributed by atoms with Crippen LogP contribution in [0.3, 0.4) is 0 Å². The average Bonchev–Trinajstić information content (AvgIpc) is 2.49. The summed E-state index contributed by atoms with van der Waals surface area (Å²) in [6.07, 6.45) is 3.44. The molecule has 0 spiro atoms. The van der Waals surface area contributed by atoms with Crippen molar-refractivity contribution in [3.63, 3.8) is 0 Å². The van der Waals surface area contributed by atoms with Gasteiger partial charge in [-0.2, -0.15) is 0 Å². The van der Waals surface area contributed by atoms with Gasteiger partial charge in [0.15, 0.2) is 0 Å². The van der Waals surface area contributed by atoms with Crippen LogP contribution in [0.15, 0.2) is 50.8 Å². The van der Waals surface area contributed by atoms with Crippen LogP contribution >= 0.6 is 0 Å². The van der Waals surface area contributed by atoms with Crippen molar-refractivity contribution in [2.75, 3.05) is 19.8 Å². The standard InChI is InChI=1S/C7H10O3.C4H6O3.C4H6O2/c1-3-5-9-7(8)10-6-4-2;1-2-3-7-4(5)6;1-3-6-4(2)5/h3-4H,1-2,5-6H2;2H,1,3H2,(H,5,6);3H,1H2,2H3. The average molecular weight is 330 g/mol. The second-order valence-corrected chi connectivity index (χ2v) is 3.09. The van der Waals surface area contributed by atoms with Gasteiger partial charge >= 0.3 is 18.3 Å². The molecule has 0 heterocycles. The fourth-order valence-corrected chi connectivity index (χ4v) is 0.543. The van der Waals surface area contributed by atoms with Crippen LogP contribution in [0.2, 0.25) is 0 Å². The Kier molecular flexibility index (Phi) is 23.1. The second kappa shape index (κ2) is 21.3. The summed E-state index contributed by atoms with van der Waals surface area (Å²) in [5, 5.41) is 7.77. The highest BCUT2D eigenvalue weighted by atomic mass is 16.7. The predicted molar refractivity (Wildman–Crippen MR) is 83.8 cm³/mol. The second-order valence-electron chi connectivity index (χ2n) is 3.09. The van der Waals surface area contributed by atoms with Crippen molar-refractivity contribution in [1.29, 1.82) is 0 Å². The zero-order valence-electron chi connectivity index (χ0n) is 13.1. The normalized spacial score (nSPS) is 7.52. The van der Waals surface area contributed by atoms with E-state index in [1.807, 2.05) is 0 Å². The number of carboxylic acid groups (broad SMARTS) is 1. The molecule has 0 aromatic rings. The Morgan fingerprint density at radius 1 is 0.870 bits per heavy atom. The predicted octanol–water partition coefficient (Wildman–Crippen LogP) is 3.07. The Bertz CT molecular complexity index is 373. The summed E-state index contributed by atoms with van der Waals surface area (Å²) in [5.74, 6) is -0.329. The first-order valence-corrected chi connectivity index (χ1v) is 6.11. The number of carbonyl (C=O) groups is 3. The fourth-order valence-electron chi connectivity index (χ4n) is 0.543. The summed E-state index contributed by atoms with van der Waals surface area (Å²) in [7, 11) is 0. The Labute approximate surface area is 135 Å². The minimum Gasteiger partial charge on any atom is -0.450 e. The number of hydrogen-bond donors (Lipinski definition) is 1. The quantitative estimate of drug-likeness (QED) is 0.328. The maximum Gasteiger partial charge on any atom is 0.508 e. The molecule has 0 saturated heterocycles. The van der Waals surface area contributed by atoms with Crippen LogP contribution < -0.4 is 0 Å². The van der Waals surface area contributed by atoms with E-state index >= 15 is 0 Å². The number of carbonyl (C=O) groups excluding carboxylic acids is 2. The van der Waals surface area contributed by atoms with Gasteiger partial charge in [0.1, 0.15) is 19.8 Å². The topological polar surface area (TPSA) is 108 Å². The van der Waals surface area contributed by atoms with E-state index in [9.17, 15) is 14.4 Å². The Morgan fingerprint density at radius 2 is 1.26 bits per heavy atom. The van der Waals surface area contributed by atoms with E-state index in [0.717, 1.165) is 6.26 Å². The van der Waals surface area contributed by atoms with Crippen molar-refractivity contribution in [1.82, 2.24) is 0 Å². The van der Waals surface area contributed by atoms with Crippen LogP contribution in [0.25, 0.3) is 0 Å². The molecule has 0 saturated carbocycles. The van der Waals surface area contributed by atoms with Gasteiger partial charge in [0, 0.05) is 6.92 Å². The van der Waals surface area contributed by atoms with Crippen molar-refractivity contribution >= 4 is 18.3 Å². The van der Waals surface area contributed by atoms with Gasteiger partial charge in [-0.3, -0.25) is 4.79 Å². The molecule has 0 aromatic heterocycles. The molecular formula is C15H22O8.